The Labute approximate surface area is 113 Å². The fourth-order valence-corrected chi connectivity index (χ4v) is 3.69. The Balaban J connectivity index is 1.82. The molecule has 0 radical (unpaired) electrons. The SMILES string of the molecule is O=C1CC(c2ccc(F)cc2)CC2(CCCCC2)N1. The molecule has 1 atom stereocenters. The maximum absolute atomic E-state index is 13.0. The molecule has 2 fully saturated rings. The highest BCUT2D eigenvalue weighted by molar-refractivity contribution is 5.79. The summed E-state index contributed by atoms with van der Waals surface area (Å²) in [7, 11) is 0. The number of rotatable bonds is 1. The monoisotopic (exact) mass is 261 g/mol. The molecule has 1 aromatic carbocycles. The third-order valence-electron chi connectivity index (χ3n) is 4.63. The normalized spacial score (nSPS) is 26.2. The molecule has 1 saturated heterocycles. The number of benzene rings is 1. The minimum absolute atomic E-state index is 0.00658. The van der Waals surface area contributed by atoms with E-state index in [4.69, 9.17) is 0 Å². The highest BCUT2D eigenvalue weighted by Gasteiger charge is 2.40. The van der Waals surface area contributed by atoms with Gasteiger partial charge in [-0.05, 0) is 42.9 Å². The molecule has 2 nitrogen and oxygen atoms in total. The van der Waals surface area contributed by atoms with Crippen molar-refractivity contribution < 1.29 is 9.18 Å². The van der Waals surface area contributed by atoms with Gasteiger partial charge in [-0.3, -0.25) is 4.79 Å². The Morgan fingerprint density at radius 2 is 1.79 bits per heavy atom. The van der Waals surface area contributed by atoms with Crippen LogP contribution >= 0.6 is 0 Å². The molecular weight excluding hydrogens is 241 g/mol. The molecule has 102 valence electrons. The molecule has 1 spiro atoms. The lowest BCUT2D eigenvalue weighted by Gasteiger charge is -2.44. The second kappa shape index (κ2) is 4.95. The third-order valence-corrected chi connectivity index (χ3v) is 4.63. The van der Waals surface area contributed by atoms with Crippen LogP contribution in [0.15, 0.2) is 24.3 Å². The van der Waals surface area contributed by atoms with Gasteiger partial charge in [-0.1, -0.05) is 31.4 Å². The van der Waals surface area contributed by atoms with Gasteiger partial charge in [-0.2, -0.15) is 0 Å². The molecule has 2 aliphatic rings. The van der Waals surface area contributed by atoms with Gasteiger partial charge >= 0.3 is 0 Å². The van der Waals surface area contributed by atoms with Gasteiger partial charge in [-0.25, -0.2) is 4.39 Å². The summed E-state index contributed by atoms with van der Waals surface area (Å²) in [5.41, 5.74) is 1.10. The molecule has 1 N–H and O–H groups in total. The highest BCUT2D eigenvalue weighted by Crippen LogP contribution is 2.41. The van der Waals surface area contributed by atoms with Crippen molar-refractivity contribution in [3.8, 4) is 0 Å². The Kier molecular flexibility index (Phi) is 3.29. The van der Waals surface area contributed by atoms with Crippen LogP contribution in [-0.4, -0.2) is 11.4 Å². The van der Waals surface area contributed by atoms with Crippen molar-refractivity contribution in [3.05, 3.63) is 35.6 Å². The molecule has 1 aliphatic heterocycles. The van der Waals surface area contributed by atoms with Crippen molar-refractivity contribution in [3.63, 3.8) is 0 Å². The maximum atomic E-state index is 13.0. The minimum Gasteiger partial charge on any atom is -0.351 e. The highest BCUT2D eigenvalue weighted by atomic mass is 19.1. The van der Waals surface area contributed by atoms with E-state index in [2.05, 4.69) is 5.32 Å². The smallest absolute Gasteiger partial charge is 0.221 e. The van der Waals surface area contributed by atoms with E-state index in [0.717, 1.165) is 24.8 Å². The fraction of sp³-hybridized carbons (Fsp3) is 0.562. The fourth-order valence-electron chi connectivity index (χ4n) is 3.69. The first-order valence-electron chi connectivity index (χ1n) is 7.23. The van der Waals surface area contributed by atoms with Crippen LogP contribution in [0.1, 0.15) is 56.4 Å². The molecular formula is C16H20FNO. The van der Waals surface area contributed by atoms with Crippen molar-refractivity contribution in [2.45, 2.75) is 56.4 Å². The van der Waals surface area contributed by atoms with Gasteiger partial charge in [0, 0.05) is 12.0 Å². The van der Waals surface area contributed by atoms with E-state index in [-0.39, 0.29) is 23.2 Å². The van der Waals surface area contributed by atoms with Crippen molar-refractivity contribution in [1.82, 2.24) is 5.32 Å². The van der Waals surface area contributed by atoms with E-state index >= 15 is 0 Å². The predicted octanol–water partition coefficient (Wildman–Crippen LogP) is 3.52. The second-order valence-corrected chi connectivity index (χ2v) is 6.05. The second-order valence-electron chi connectivity index (χ2n) is 6.05. The van der Waals surface area contributed by atoms with Crippen molar-refractivity contribution in [1.29, 1.82) is 0 Å². The summed E-state index contributed by atoms with van der Waals surface area (Å²) in [5.74, 6) is 0.186. The number of carbonyl (C=O) groups is 1. The van der Waals surface area contributed by atoms with E-state index in [1.54, 1.807) is 0 Å². The number of carbonyl (C=O) groups excluding carboxylic acids is 1. The van der Waals surface area contributed by atoms with Gasteiger partial charge < -0.3 is 5.32 Å². The lowest BCUT2D eigenvalue weighted by atomic mass is 9.71. The van der Waals surface area contributed by atoms with Gasteiger partial charge in [0.05, 0.1) is 0 Å². The summed E-state index contributed by atoms with van der Waals surface area (Å²) < 4.78 is 13.0. The number of piperidine rings is 1. The Hall–Kier alpha value is -1.38. The molecule has 1 saturated carbocycles. The zero-order chi connectivity index (χ0) is 13.3. The van der Waals surface area contributed by atoms with E-state index < -0.39 is 0 Å². The average molecular weight is 261 g/mol. The van der Waals surface area contributed by atoms with Crippen LogP contribution < -0.4 is 5.32 Å². The van der Waals surface area contributed by atoms with E-state index in [1.165, 1.54) is 31.4 Å². The first-order valence-corrected chi connectivity index (χ1v) is 7.23. The lowest BCUT2D eigenvalue weighted by Crippen LogP contribution is -2.54. The summed E-state index contributed by atoms with van der Waals surface area (Å²) in [6, 6.07) is 6.65. The Morgan fingerprint density at radius 3 is 2.47 bits per heavy atom. The van der Waals surface area contributed by atoms with Crippen LogP contribution in [0.5, 0.6) is 0 Å². The number of hydrogen-bond acceptors (Lipinski definition) is 1. The third kappa shape index (κ3) is 2.65. The van der Waals surface area contributed by atoms with Crippen LogP contribution in [0, 0.1) is 5.82 Å². The molecule has 0 bridgehead atoms. The van der Waals surface area contributed by atoms with Crippen LogP contribution in [-0.2, 0) is 4.79 Å². The Morgan fingerprint density at radius 1 is 1.11 bits per heavy atom. The minimum atomic E-state index is -0.212. The summed E-state index contributed by atoms with van der Waals surface area (Å²) in [6.07, 6.45) is 7.41. The maximum Gasteiger partial charge on any atom is 0.221 e. The molecule has 1 aromatic rings. The zero-order valence-electron chi connectivity index (χ0n) is 11.1. The standard InChI is InChI=1S/C16H20FNO/c17-14-6-4-12(5-7-14)13-10-15(19)18-16(11-13)8-2-1-3-9-16/h4-7,13H,1-3,8-11H2,(H,18,19). The van der Waals surface area contributed by atoms with E-state index in [9.17, 15) is 9.18 Å². The summed E-state index contributed by atoms with van der Waals surface area (Å²) >= 11 is 0. The van der Waals surface area contributed by atoms with Crippen LogP contribution in [0.2, 0.25) is 0 Å². The molecule has 0 aromatic heterocycles. The van der Waals surface area contributed by atoms with Crippen LogP contribution in [0.25, 0.3) is 0 Å². The van der Waals surface area contributed by atoms with Crippen LogP contribution in [0.4, 0.5) is 4.39 Å². The van der Waals surface area contributed by atoms with Crippen molar-refractivity contribution in [2.24, 2.45) is 0 Å². The van der Waals surface area contributed by atoms with Gasteiger partial charge in [0.2, 0.25) is 5.91 Å². The predicted molar refractivity (Wildman–Crippen MR) is 72.3 cm³/mol. The number of halogens is 1. The molecule has 1 aliphatic carbocycles. The number of hydrogen-bond donors (Lipinski definition) is 1. The number of amides is 1. The largest absolute Gasteiger partial charge is 0.351 e. The van der Waals surface area contributed by atoms with Crippen LogP contribution in [0.3, 0.4) is 0 Å². The van der Waals surface area contributed by atoms with Crippen molar-refractivity contribution >= 4 is 5.91 Å². The lowest BCUT2D eigenvalue weighted by molar-refractivity contribution is -0.126. The summed E-state index contributed by atoms with van der Waals surface area (Å²) in [6.45, 7) is 0. The first kappa shape index (κ1) is 12.6. The van der Waals surface area contributed by atoms with E-state index in [0.29, 0.717) is 6.42 Å². The first-order chi connectivity index (χ1) is 9.17. The molecule has 3 rings (SSSR count). The molecule has 1 unspecified atom stereocenters. The molecule has 1 amide bonds. The quantitative estimate of drug-likeness (QED) is 0.823. The van der Waals surface area contributed by atoms with Gasteiger partial charge in [0.25, 0.3) is 0 Å². The topological polar surface area (TPSA) is 29.1 Å². The van der Waals surface area contributed by atoms with Gasteiger partial charge in [-0.15, -0.1) is 0 Å². The van der Waals surface area contributed by atoms with Crippen molar-refractivity contribution in [2.75, 3.05) is 0 Å². The average Bonchev–Trinajstić information content (AvgIpc) is 2.39. The Bertz CT molecular complexity index is 462. The summed E-state index contributed by atoms with van der Waals surface area (Å²) in [5, 5.41) is 3.23. The molecule has 3 heteroatoms. The van der Waals surface area contributed by atoms with Gasteiger partial charge in [0.1, 0.15) is 5.82 Å². The number of nitrogens with one attached hydrogen (secondary N) is 1. The van der Waals surface area contributed by atoms with E-state index in [1.807, 2.05) is 12.1 Å². The van der Waals surface area contributed by atoms with Gasteiger partial charge in [0.15, 0.2) is 0 Å². The zero-order valence-corrected chi connectivity index (χ0v) is 11.1. The molecule has 19 heavy (non-hydrogen) atoms. The summed E-state index contributed by atoms with van der Waals surface area (Å²) in [4.78, 5) is 12.0. The molecule has 1 heterocycles.